The van der Waals surface area contributed by atoms with Crippen molar-refractivity contribution in [3.8, 4) is 11.3 Å². The number of amides is 2. The molecule has 0 aliphatic carbocycles. The van der Waals surface area contributed by atoms with Crippen molar-refractivity contribution in [1.29, 1.82) is 0 Å². The summed E-state index contributed by atoms with van der Waals surface area (Å²) in [6, 6.07) is 22.3. The summed E-state index contributed by atoms with van der Waals surface area (Å²) in [7, 11) is 1.69. The zero-order valence-electron chi connectivity index (χ0n) is 29.5. The molecular weight excluding hydrogens is 673 g/mol. The average molecular weight is 721 g/mol. The van der Waals surface area contributed by atoms with Gasteiger partial charge in [-0.2, -0.15) is 13.2 Å². The second-order valence-electron chi connectivity index (χ2n) is 12.0. The normalized spacial score (nSPS) is 12.4. The zero-order valence-corrected chi connectivity index (χ0v) is 29.5. The number of rotatable bonds is 13. The van der Waals surface area contributed by atoms with Gasteiger partial charge < -0.3 is 31.3 Å². The number of anilines is 2. The number of aryl methyl sites for hydroxylation is 1. The van der Waals surface area contributed by atoms with Gasteiger partial charge in [0.2, 0.25) is 6.41 Å². The van der Waals surface area contributed by atoms with Gasteiger partial charge in [0.05, 0.1) is 23.6 Å². The SMILES string of the molecule is CNCc1cccc(C(F)(F)F)c1.Cc1cccc(C(=O)Nc2ccc(N3CCCCC3)cc2-c2cc(C=O)ccn2)c1.O=CNCCNCCO. The van der Waals surface area contributed by atoms with E-state index < -0.39 is 11.7 Å². The number of aliphatic hydroxyl groups is 1. The van der Waals surface area contributed by atoms with E-state index in [0.717, 1.165) is 48.3 Å². The maximum Gasteiger partial charge on any atom is 0.416 e. The zero-order chi connectivity index (χ0) is 37.8. The summed E-state index contributed by atoms with van der Waals surface area (Å²) >= 11 is 0. The van der Waals surface area contributed by atoms with Crippen molar-refractivity contribution >= 4 is 30.0 Å². The molecule has 0 bridgehead atoms. The van der Waals surface area contributed by atoms with E-state index in [4.69, 9.17) is 5.11 Å². The summed E-state index contributed by atoms with van der Waals surface area (Å²) in [6.45, 7) is 6.51. The fourth-order valence-electron chi connectivity index (χ4n) is 5.34. The van der Waals surface area contributed by atoms with Crippen molar-refractivity contribution in [3.05, 3.63) is 113 Å². The van der Waals surface area contributed by atoms with Crippen LogP contribution >= 0.6 is 0 Å². The highest BCUT2D eigenvalue weighted by Crippen LogP contribution is 2.33. The topological polar surface area (TPSA) is 136 Å². The number of aromatic nitrogens is 1. The number of piperidine rings is 1. The summed E-state index contributed by atoms with van der Waals surface area (Å²) in [6.07, 6.45) is 2.46. The van der Waals surface area contributed by atoms with E-state index in [0.29, 0.717) is 60.7 Å². The Morgan fingerprint density at radius 3 is 2.37 bits per heavy atom. The van der Waals surface area contributed by atoms with Gasteiger partial charge in [-0.25, -0.2) is 0 Å². The number of aldehydes is 1. The number of pyridine rings is 1. The number of halogens is 3. The molecule has 0 radical (unpaired) electrons. The van der Waals surface area contributed by atoms with E-state index in [1.165, 1.54) is 25.3 Å². The predicted octanol–water partition coefficient (Wildman–Crippen LogP) is 5.85. The van der Waals surface area contributed by atoms with Gasteiger partial charge in [-0.05, 0) is 87.3 Å². The third-order valence-corrected chi connectivity index (χ3v) is 7.90. The van der Waals surface area contributed by atoms with Crippen LogP contribution in [0.4, 0.5) is 24.5 Å². The van der Waals surface area contributed by atoms with Gasteiger partial charge in [0.1, 0.15) is 6.29 Å². The summed E-state index contributed by atoms with van der Waals surface area (Å²) < 4.78 is 36.6. The van der Waals surface area contributed by atoms with Gasteiger partial charge in [-0.1, -0.05) is 35.9 Å². The average Bonchev–Trinajstić information content (AvgIpc) is 3.16. The molecule has 1 aromatic heterocycles. The van der Waals surface area contributed by atoms with Gasteiger partial charge in [0, 0.05) is 67.8 Å². The van der Waals surface area contributed by atoms with Crippen LogP contribution in [0.3, 0.4) is 0 Å². The van der Waals surface area contributed by atoms with E-state index in [9.17, 15) is 27.6 Å². The summed E-state index contributed by atoms with van der Waals surface area (Å²) in [5, 5.41) is 19.5. The first-order valence-corrected chi connectivity index (χ1v) is 17.1. The summed E-state index contributed by atoms with van der Waals surface area (Å²) in [5.41, 5.74) is 5.49. The van der Waals surface area contributed by atoms with Crippen molar-refractivity contribution in [2.75, 3.05) is 56.6 Å². The molecule has 10 nitrogen and oxygen atoms in total. The molecule has 1 aliphatic heterocycles. The number of carbonyl (C=O) groups excluding carboxylic acids is 3. The standard InChI is InChI=1S/C25H25N3O2.C9H10F3N.C5H12N2O2/c1-18-6-5-7-20(14-18)25(30)27-23-9-8-21(28-12-3-2-4-13-28)16-22(23)24-15-19(17-29)10-11-26-24;1-13-6-7-3-2-4-8(5-7)9(10,11)12;8-4-3-6-1-2-7-5-9/h5-11,14-17H,2-4,12-13H2,1H3,(H,27,30);2-5,13H,6H2,1H3;5-6,8H,1-4H2,(H,7,9). The van der Waals surface area contributed by atoms with E-state index >= 15 is 0 Å². The number of hydrogen-bond donors (Lipinski definition) is 5. The number of carbonyl (C=O) groups is 3. The highest BCUT2D eigenvalue weighted by atomic mass is 19.4. The molecule has 0 saturated carbocycles. The lowest BCUT2D eigenvalue weighted by atomic mass is 10.0. The molecule has 1 saturated heterocycles. The molecule has 13 heteroatoms. The maximum absolute atomic E-state index is 12.9. The molecule has 52 heavy (non-hydrogen) atoms. The van der Waals surface area contributed by atoms with Gasteiger partial charge in [0.25, 0.3) is 5.91 Å². The lowest BCUT2D eigenvalue weighted by Crippen LogP contribution is -2.29. The van der Waals surface area contributed by atoms with Crippen LogP contribution in [0.2, 0.25) is 0 Å². The molecule has 4 aromatic rings. The first kappa shape index (κ1) is 41.3. The van der Waals surface area contributed by atoms with Crippen LogP contribution in [0.15, 0.2) is 85.1 Å². The lowest BCUT2D eigenvalue weighted by molar-refractivity contribution is -0.137. The molecule has 278 valence electrons. The van der Waals surface area contributed by atoms with Gasteiger partial charge in [-0.15, -0.1) is 0 Å². The fourth-order valence-corrected chi connectivity index (χ4v) is 5.34. The second-order valence-corrected chi connectivity index (χ2v) is 12.0. The lowest BCUT2D eigenvalue weighted by Gasteiger charge is -2.29. The van der Waals surface area contributed by atoms with E-state index in [-0.39, 0.29) is 12.5 Å². The van der Waals surface area contributed by atoms with Crippen molar-refractivity contribution in [2.45, 2.75) is 38.9 Å². The summed E-state index contributed by atoms with van der Waals surface area (Å²) in [5.74, 6) is -0.169. The van der Waals surface area contributed by atoms with Crippen LogP contribution in [0.1, 0.15) is 56.7 Å². The largest absolute Gasteiger partial charge is 0.416 e. The minimum atomic E-state index is -4.25. The number of aliphatic hydroxyl groups excluding tert-OH is 1. The molecule has 1 fully saturated rings. The Labute approximate surface area is 302 Å². The third kappa shape index (κ3) is 13.9. The third-order valence-electron chi connectivity index (χ3n) is 7.90. The quantitative estimate of drug-likeness (QED) is 0.0858. The molecule has 3 aromatic carbocycles. The van der Waals surface area contributed by atoms with Crippen LogP contribution < -0.4 is 26.2 Å². The molecule has 0 atom stereocenters. The smallest absolute Gasteiger partial charge is 0.395 e. The molecule has 0 unspecified atom stereocenters. The fraction of sp³-hybridized carbons (Fsp3) is 0.333. The minimum Gasteiger partial charge on any atom is -0.395 e. The van der Waals surface area contributed by atoms with Crippen LogP contribution in [0.25, 0.3) is 11.3 Å². The van der Waals surface area contributed by atoms with E-state index in [1.54, 1.807) is 37.5 Å². The van der Waals surface area contributed by atoms with E-state index in [1.807, 2.05) is 37.3 Å². The Morgan fingerprint density at radius 1 is 0.923 bits per heavy atom. The molecule has 5 rings (SSSR count). The van der Waals surface area contributed by atoms with Crippen molar-refractivity contribution in [1.82, 2.24) is 20.9 Å². The predicted molar refractivity (Wildman–Crippen MR) is 198 cm³/mol. The van der Waals surface area contributed by atoms with Crippen LogP contribution in [0, 0.1) is 6.92 Å². The van der Waals surface area contributed by atoms with Crippen LogP contribution in [0.5, 0.6) is 0 Å². The van der Waals surface area contributed by atoms with E-state index in [2.05, 4.69) is 37.2 Å². The molecule has 1 aliphatic rings. The second kappa shape index (κ2) is 22.0. The van der Waals surface area contributed by atoms with Crippen molar-refractivity contribution in [2.24, 2.45) is 0 Å². The molecule has 2 amide bonds. The Bertz CT molecular complexity index is 1710. The van der Waals surface area contributed by atoms with Crippen molar-refractivity contribution in [3.63, 3.8) is 0 Å². The maximum atomic E-state index is 12.9. The minimum absolute atomic E-state index is 0.140. The van der Waals surface area contributed by atoms with Crippen LogP contribution in [-0.2, 0) is 17.5 Å². The Balaban J connectivity index is 0.000000273. The number of benzene rings is 3. The Hall–Kier alpha value is -5.11. The number of hydrogen-bond acceptors (Lipinski definition) is 8. The van der Waals surface area contributed by atoms with Crippen molar-refractivity contribution < 1.29 is 32.7 Å². The van der Waals surface area contributed by atoms with Gasteiger partial charge >= 0.3 is 6.18 Å². The highest BCUT2D eigenvalue weighted by Gasteiger charge is 2.30. The number of alkyl halides is 3. The molecule has 2 heterocycles. The van der Waals surface area contributed by atoms with Gasteiger partial charge in [0.15, 0.2) is 0 Å². The first-order valence-electron chi connectivity index (χ1n) is 17.1. The monoisotopic (exact) mass is 720 g/mol. The Morgan fingerprint density at radius 2 is 1.69 bits per heavy atom. The summed E-state index contributed by atoms with van der Waals surface area (Å²) in [4.78, 5) is 40.6. The number of nitrogens with zero attached hydrogens (tertiary/aromatic N) is 2. The Kier molecular flexibility index (Phi) is 17.4. The highest BCUT2D eigenvalue weighted by molar-refractivity contribution is 6.06. The molecule has 5 N–H and O–H groups in total. The number of nitrogens with one attached hydrogen (secondary N) is 4. The molecular formula is C39H47F3N6O4. The van der Waals surface area contributed by atoms with Crippen LogP contribution in [-0.4, -0.2) is 75.1 Å². The van der Waals surface area contributed by atoms with Gasteiger partial charge in [-0.3, -0.25) is 19.4 Å². The molecule has 0 spiro atoms. The first-order chi connectivity index (χ1) is 25.1.